The SMILES string of the molecule is C[C@H](Nc1ncnc2[nH]ccc(=O)c12)c1c(Cl)c2cccc(N3CCN(C)CC3)c2c(=O)n1-c1ccccc1. The first kappa shape index (κ1) is 25.1. The Labute approximate surface area is 229 Å². The minimum absolute atomic E-state index is 0.149. The number of pyridine rings is 2. The van der Waals surface area contributed by atoms with Crippen LogP contribution in [0.2, 0.25) is 5.02 Å². The number of piperazine rings is 1. The van der Waals surface area contributed by atoms with Crippen molar-refractivity contribution in [1.29, 1.82) is 0 Å². The van der Waals surface area contributed by atoms with Crippen molar-refractivity contribution in [3.8, 4) is 5.69 Å². The molecule has 2 aromatic carbocycles. The normalized spacial score (nSPS) is 15.1. The molecule has 1 aliphatic heterocycles. The third-order valence-electron chi connectivity index (χ3n) is 7.33. The van der Waals surface area contributed by atoms with Crippen LogP contribution in [0.5, 0.6) is 0 Å². The Bertz CT molecular complexity index is 1790. The molecule has 0 spiro atoms. The van der Waals surface area contributed by atoms with Gasteiger partial charge in [0.2, 0.25) is 0 Å². The molecule has 5 aromatic rings. The molecule has 1 fully saturated rings. The summed E-state index contributed by atoms with van der Waals surface area (Å²) in [5.74, 6) is 0.365. The van der Waals surface area contributed by atoms with Gasteiger partial charge in [0.1, 0.15) is 23.2 Å². The summed E-state index contributed by atoms with van der Waals surface area (Å²) >= 11 is 7.19. The van der Waals surface area contributed by atoms with Gasteiger partial charge in [-0.05, 0) is 32.2 Å². The molecule has 0 saturated carbocycles. The molecule has 9 nitrogen and oxygen atoms in total. The summed E-state index contributed by atoms with van der Waals surface area (Å²) in [6.45, 7) is 5.39. The van der Waals surface area contributed by atoms with E-state index >= 15 is 0 Å². The predicted octanol–water partition coefficient (Wildman–Crippen LogP) is 4.20. The first-order chi connectivity index (χ1) is 18.9. The Morgan fingerprint density at radius 2 is 1.72 bits per heavy atom. The highest BCUT2D eigenvalue weighted by Gasteiger charge is 2.26. The summed E-state index contributed by atoms with van der Waals surface area (Å²) < 4.78 is 1.68. The molecular formula is C29H28ClN7O2. The van der Waals surface area contributed by atoms with E-state index in [4.69, 9.17) is 11.6 Å². The van der Waals surface area contributed by atoms with Crippen LogP contribution in [0.1, 0.15) is 18.7 Å². The van der Waals surface area contributed by atoms with Crippen molar-refractivity contribution in [3.05, 3.63) is 98.4 Å². The molecule has 0 unspecified atom stereocenters. The molecule has 4 heterocycles. The molecule has 39 heavy (non-hydrogen) atoms. The smallest absolute Gasteiger partial charge is 0.265 e. The molecule has 0 aliphatic carbocycles. The zero-order chi connectivity index (χ0) is 27.1. The summed E-state index contributed by atoms with van der Waals surface area (Å²) in [5.41, 5.74) is 2.24. The number of aromatic amines is 1. The first-order valence-electron chi connectivity index (χ1n) is 12.9. The second-order valence-corrected chi connectivity index (χ2v) is 10.2. The molecule has 0 bridgehead atoms. The number of nitrogens with one attached hydrogen (secondary N) is 2. The minimum Gasteiger partial charge on any atom is -0.368 e. The highest BCUT2D eigenvalue weighted by molar-refractivity contribution is 6.36. The maximum atomic E-state index is 14.4. The van der Waals surface area contributed by atoms with E-state index in [2.05, 4.69) is 37.1 Å². The number of aromatic nitrogens is 4. The lowest BCUT2D eigenvalue weighted by atomic mass is 10.0. The molecule has 0 radical (unpaired) electrons. The highest BCUT2D eigenvalue weighted by atomic mass is 35.5. The van der Waals surface area contributed by atoms with Gasteiger partial charge in [-0.2, -0.15) is 0 Å². The van der Waals surface area contributed by atoms with Crippen LogP contribution >= 0.6 is 11.6 Å². The minimum atomic E-state index is -0.486. The van der Waals surface area contributed by atoms with E-state index in [1.54, 1.807) is 10.8 Å². The zero-order valence-electron chi connectivity index (χ0n) is 21.7. The fourth-order valence-electron chi connectivity index (χ4n) is 5.32. The lowest BCUT2D eigenvalue weighted by Crippen LogP contribution is -2.45. The number of anilines is 2. The molecule has 1 atom stereocenters. The molecule has 1 saturated heterocycles. The van der Waals surface area contributed by atoms with Crippen LogP contribution in [0.4, 0.5) is 11.5 Å². The molecule has 1 aliphatic rings. The van der Waals surface area contributed by atoms with E-state index in [1.807, 2.05) is 55.5 Å². The Hall–Kier alpha value is -4.21. The van der Waals surface area contributed by atoms with Gasteiger partial charge in [0.25, 0.3) is 5.56 Å². The number of fused-ring (bicyclic) bond motifs is 2. The number of likely N-dealkylation sites (N-methyl/N-ethyl adjacent to an activating group) is 1. The van der Waals surface area contributed by atoms with Gasteiger partial charge in [0, 0.05) is 49.5 Å². The Kier molecular flexibility index (Phi) is 6.54. The Balaban J connectivity index is 1.56. The van der Waals surface area contributed by atoms with Crippen molar-refractivity contribution in [2.24, 2.45) is 0 Å². The average Bonchev–Trinajstić information content (AvgIpc) is 2.95. The van der Waals surface area contributed by atoms with Crippen LogP contribution in [0.15, 0.2) is 76.7 Å². The second-order valence-electron chi connectivity index (χ2n) is 9.82. The van der Waals surface area contributed by atoms with Gasteiger partial charge in [-0.15, -0.1) is 0 Å². The van der Waals surface area contributed by atoms with E-state index in [1.165, 1.54) is 12.4 Å². The monoisotopic (exact) mass is 541 g/mol. The van der Waals surface area contributed by atoms with Crippen molar-refractivity contribution in [1.82, 2.24) is 24.4 Å². The number of H-pyrrole nitrogens is 1. The summed E-state index contributed by atoms with van der Waals surface area (Å²) in [6, 6.07) is 16.3. The number of rotatable bonds is 5. The van der Waals surface area contributed by atoms with Crippen molar-refractivity contribution in [3.63, 3.8) is 0 Å². The van der Waals surface area contributed by atoms with Crippen LogP contribution in [0.3, 0.4) is 0 Å². The number of hydrogen-bond donors (Lipinski definition) is 2. The number of halogens is 1. The van der Waals surface area contributed by atoms with Gasteiger partial charge < -0.3 is 20.1 Å². The summed E-state index contributed by atoms with van der Waals surface area (Å²) in [6.07, 6.45) is 2.94. The summed E-state index contributed by atoms with van der Waals surface area (Å²) in [7, 11) is 2.11. The van der Waals surface area contributed by atoms with Crippen LogP contribution in [-0.2, 0) is 0 Å². The van der Waals surface area contributed by atoms with Gasteiger partial charge in [-0.25, -0.2) is 9.97 Å². The molecular weight excluding hydrogens is 514 g/mol. The summed E-state index contributed by atoms with van der Waals surface area (Å²) in [5, 5.41) is 5.44. The Morgan fingerprint density at radius 3 is 2.49 bits per heavy atom. The fourth-order valence-corrected chi connectivity index (χ4v) is 5.73. The van der Waals surface area contributed by atoms with Crippen molar-refractivity contribution >= 4 is 44.9 Å². The lowest BCUT2D eigenvalue weighted by molar-refractivity contribution is 0.313. The average molecular weight is 542 g/mol. The van der Waals surface area contributed by atoms with Crippen molar-refractivity contribution < 1.29 is 0 Å². The quantitative estimate of drug-likeness (QED) is 0.344. The van der Waals surface area contributed by atoms with E-state index in [0.717, 1.165) is 31.9 Å². The highest BCUT2D eigenvalue weighted by Crippen LogP contribution is 2.36. The number of nitrogens with zero attached hydrogens (tertiary/aromatic N) is 5. The number of para-hydroxylation sites is 1. The van der Waals surface area contributed by atoms with Gasteiger partial charge in [-0.3, -0.25) is 14.2 Å². The molecule has 6 rings (SSSR count). The van der Waals surface area contributed by atoms with Gasteiger partial charge in [0.15, 0.2) is 5.43 Å². The molecule has 2 N–H and O–H groups in total. The first-order valence-corrected chi connectivity index (χ1v) is 13.3. The topological polar surface area (TPSA) is 99.2 Å². The van der Waals surface area contributed by atoms with E-state index in [-0.39, 0.29) is 11.0 Å². The third kappa shape index (κ3) is 4.43. The maximum Gasteiger partial charge on any atom is 0.265 e. The number of benzene rings is 2. The van der Waals surface area contributed by atoms with Gasteiger partial charge in [-0.1, -0.05) is 41.9 Å². The third-order valence-corrected chi connectivity index (χ3v) is 7.73. The van der Waals surface area contributed by atoms with Gasteiger partial charge in [0.05, 0.1) is 27.8 Å². The molecule has 3 aromatic heterocycles. The van der Waals surface area contributed by atoms with Crippen LogP contribution in [0.25, 0.3) is 27.5 Å². The molecule has 10 heteroatoms. The van der Waals surface area contributed by atoms with Gasteiger partial charge >= 0.3 is 0 Å². The van der Waals surface area contributed by atoms with Crippen molar-refractivity contribution in [2.75, 3.05) is 43.4 Å². The largest absolute Gasteiger partial charge is 0.368 e. The molecule has 198 valence electrons. The van der Waals surface area contributed by atoms with Crippen molar-refractivity contribution in [2.45, 2.75) is 13.0 Å². The standard InChI is InChI=1S/C29H28ClN7O2/c1-18(34-28-24-22(38)11-12-31-27(24)32-17-33-28)26-25(30)20-9-6-10-21(36-15-13-35(2)14-16-36)23(20)29(39)37(26)19-7-4-3-5-8-19/h3-12,17-18H,13-16H2,1-2H3,(H2,31,32,33,34,38)/t18-/m0/s1. The van der Waals surface area contributed by atoms with E-state index in [9.17, 15) is 9.59 Å². The predicted molar refractivity (Wildman–Crippen MR) is 156 cm³/mol. The lowest BCUT2D eigenvalue weighted by Gasteiger charge is -2.35. The van der Waals surface area contributed by atoms with Crippen LogP contribution < -0.4 is 21.2 Å². The summed E-state index contributed by atoms with van der Waals surface area (Å²) in [4.78, 5) is 43.2. The van der Waals surface area contributed by atoms with Crippen LogP contribution in [-0.4, -0.2) is 57.6 Å². The van der Waals surface area contributed by atoms with Crippen LogP contribution in [0, 0.1) is 0 Å². The Morgan fingerprint density at radius 1 is 0.949 bits per heavy atom. The second kappa shape index (κ2) is 10.2. The zero-order valence-corrected chi connectivity index (χ0v) is 22.4. The van der Waals surface area contributed by atoms with E-state index < -0.39 is 6.04 Å². The number of hydrogen-bond acceptors (Lipinski definition) is 7. The maximum absolute atomic E-state index is 14.4. The molecule has 0 amide bonds. The fraction of sp³-hybridized carbons (Fsp3) is 0.241. The van der Waals surface area contributed by atoms with E-state index in [0.29, 0.717) is 44.0 Å².